The van der Waals surface area contributed by atoms with Gasteiger partial charge in [0.1, 0.15) is 11.9 Å². The minimum atomic E-state index is 0.548. The van der Waals surface area contributed by atoms with Crippen LogP contribution >= 0.6 is 0 Å². The molecule has 0 bridgehead atoms. The maximum atomic E-state index is 8.97. The first-order valence-corrected chi connectivity index (χ1v) is 5.87. The van der Waals surface area contributed by atoms with Crippen molar-refractivity contribution in [1.29, 1.82) is 5.26 Å². The quantitative estimate of drug-likeness (QED) is 0.889. The molecule has 0 radical (unpaired) electrons. The number of aryl methyl sites for hydroxylation is 1. The predicted molar refractivity (Wildman–Crippen MR) is 69.9 cm³/mol. The van der Waals surface area contributed by atoms with E-state index < -0.39 is 0 Å². The summed E-state index contributed by atoms with van der Waals surface area (Å²) in [6.45, 7) is 2.68. The molecule has 4 nitrogen and oxygen atoms in total. The number of aromatic nitrogens is 2. The summed E-state index contributed by atoms with van der Waals surface area (Å²) in [5, 5.41) is 12.1. The largest absolute Gasteiger partial charge is 0.363 e. The molecule has 0 spiro atoms. The van der Waals surface area contributed by atoms with E-state index in [0.717, 1.165) is 12.1 Å². The van der Waals surface area contributed by atoms with Crippen LogP contribution in [0.1, 0.15) is 23.7 Å². The van der Waals surface area contributed by atoms with Gasteiger partial charge in [-0.3, -0.25) is 4.98 Å². The summed E-state index contributed by atoms with van der Waals surface area (Å²) in [7, 11) is 0. The molecule has 2 aromatic heterocycles. The highest BCUT2D eigenvalue weighted by Crippen LogP contribution is 2.12. The molecule has 0 atom stereocenters. The van der Waals surface area contributed by atoms with Crippen LogP contribution in [0.25, 0.3) is 0 Å². The third kappa shape index (κ3) is 2.64. The van der Waals surface area contributed by atoms with E-state index in [9.17, 15) is 0 Å². The predicted octanol–water partition coefficient (Wildman–Crippen LogP) is 2.52. The zero-order valence-electron chi connectivity index (χ0n) is 10.2. The third-order valence-electron chi connectivity index (χ3n) is 2.72. The Morgan fingerprint density at radius 2 is 2.00 bits per heavy atom. The Kier molecular flexibility index (Phi) is 3.87. The van der Waals surface area contributed by atoms with Crippen LogP contribution in [-0.2, 0) is 13.0 Å². The average molecular weight is 238 g/mol. The van der Waals surface area contributed by atoms with Crippen LogP contribution in [0, 0.1) is 11.3 Å². The van der Waals surface area contributed by atoms with Crippen LogP contribution in [0.2, 0.25) is 0 Å². The fourth-order valence-corrected chi connectivity index (χ4v) is 1.76. The summed E-state index contributed by atoms with van der Waals surface area (Å²) in [5.41, 5.74) is 2.75. The molecular weight excluding hydrogens is 224 g/mol. The maximum Gasteiger partial charge on any atom is 0.144 e. The Labute approximate surface area is 106 Å². The molecule has 0 saturated carbocycles. The number of pyridine rings is 2. The maximum absolute atomic E-state index is 8.97. The summed E-state index contributed by atoms with van der Waals surface area (Å²) in [6.07, 6.45) is 4.39. The van der Waals surface area contributed by atoms with Gasteiger partial charge in [0.05, 0.1) is 17.8 Å². The molecular formula is C14H14N4. The lowest BCUT2D eigenvalue weighted by atomic mass is 10.1. The number of anilines is 1. The van der Waals surface area contributed by atoms with Gasteiger partial charge in [-0.15, -0.1) is 0 Å². The van der Waals surface area contributed by atoms with Crippen molar-refractivity contribution in [2.75, 3.05) is 5.32 Å². The van der Waals surface area contributed by atoms with Crippen molar-refractivity contribution in [3.63, 3.8) is 0 Å². The van der Waals surface area contributed by atoms with E-state index in [1.807, 2.05) is 6.07 Å². The monoisotopic (exact) mass is 238 g/mol. The second-order valence-electron chi connectivity index (χ2n) is 3.83. The number of nitrogens with one attached hydrogen (secondary N) is 1. The first-order valence-electron chi connectivity index (χ1n) is 5.87. The number of nitriles is 1. The minimum Gasteiger partial charge on any atom is -0.363 e. The van der Waals surface area contributed by atoms with Gasteiger partial charge in [-0.2, -0.15) is 5.26 Å². The van der Waals surface area contributed by atoms with E-state index in [2.05, 4.69) is 34.3 Å². The summed E-state index contributed by atoms with van der Waals surface area (Å²) in [5.74, 6) is 0.604. The molecule has 0 saturated heterocycles. The topological polar surface area (TPSA) is 61.6 Å². The van der Waals surface area contributed by atoms with Gasteiger partial charge in [0.25, 0.3) is 0 Å². The number of nitrogens with zero attached hydrogens (tertiary/aromatic N) is 3. The Bertz CT molecular complexity index is 572. The molecule has 0 aliphatic carbocycles. The minimum absolute atomic E-state index is 0.548. The number of hydrogen-bond donors (Lipinski definition) is 1. The van der Waals surface area contributed by atoms with Crippen molar-refractivity contribution in [1.82, 2.24) is 9.97 Å². The summed E-state index contributed by atoms with van der Waals surface area (Å²) >= 11 is 0. The Balaban J connectivity index is 2.14. The zero-order valence-corrected chi connectivity index (χ0v) is 10.2. The van der Waals surface area contributed by atoms with Gasteiger partial charge < -0.3 is 5.32 Å². The fourth-order valence-electron chi connectivity index (χ4n) is 1.76. The van der Waals surface area contributed by atoms with Crippen LogP contribution in [0.4, 0.5) is 5.82 Å². The molecule has 1 N–H and O–H groups in total. The highest BCUT2D eigenvalue weighted by molar-refractivity contribution is 5.51. The van der Waals surface area contributed by atoms with Crippen molar-refractivity contribution >= 4 is 5.82 Å². The second-order valence-corrected chi connectivity index (χ2v) is 3.83. The zero-order chi connectivity index (χ0) is 12.8. The Morgan fingerprint density at radius 3 is 2.78 bits per heavy atom. The van der Waals surface area contributed by atoms with E-state index >= 15 is 0 Å². The molecule has 0 aliphatic rings. The van der Waals surface area contributed by atoms with Gasteiger partial charge in [-0.25, -0.2) is 4.98 Å². The molecule has 4 heteroatoms. The molecule has 0 unspecified atom stereocenters. The van der Waals surface area contributed by atoms with E-state index in [1.54, 1.807) is 24.5 Å². The highest BCUT2D eigenvalue weighted by atomic mass is 15.0. The standard InChI is InChI=1S/C14H14N4/c1-2-11-5-3-7-16-13(11)10-18-14-12(9-15)6-4-8-17-14/h3-8H,2,10H2,1H3,(H,17,18). The van der Waals surface area contributed by atoms with Crippen LogP contribution in [-0.4, -0.2) is 9.97 Å². The molecule has 2 aromatic rings. The van der Waals surface area contributed by atoms with Crippen molar-refractivity contribution in [3.05, 3.63) is 53.5 Å². The number of hydrogen-bond acceptors (Lipinski definition) is 4. The van der Waals surface area contributed by atoms with Crippen molar-refractivity contribution in [3.8, 4) is 6.07 Å². The van der Waals surface area contributed by atoms with Gasteiger partial charge in [0.15, 0.2) is 0 Å². The Hall–Kier alpha value is -2.41. The van der Waals surface area contributed by atoms with Crippen molar-refractivity contribution < 1.29 is 0 Å². The smallest absolute Gasteiger partial charge is 0.144 e. The van der Waals surface area contributed by atoms with Gasteiger partial charge in [-0.05, 0) is 30.2 Å². The molecule has 18 heavy (non-hydrogen) atoms. The lowest BCUT2D eigenvalue weighted by Gasteiger charge is -2.09. The van der Waals surface area contributed by atoms with E-state index in [4.69, 9.17) is 5.26 Å². The summed E-state index contributed by atoms with van der Waals surface area (Å²) < 4.78 is 0. The highest BCUT2D eigenvalue weighted by Gasteiger charge is 2.04. The van der Waals surface area contributed by atoms with E-state index in [-0.39, 0.29) is 0 Å². The normalized spacial score (nSPS) is 9.78. The van der Waals surface area contributed by atoms with Crippen molar-refractivity contribution in [2.24, 2.45) is 0 Å². The van der Waals surface area contributed by atoms with Gasteiger partial charge >= 0.3 is 0 Å². The molecule has 2 rings (SSSR count). The van der Waals surface area contributed by atoms with Crippen LogP contribution in [0.5, 0.6) is 0 Å². The Morgan fingerprint density at radius 1 is 1.22 bits per heavy atom. The molecule has 2 heterocycles. The summed E-state index contributed by atoms with van der Waals surface area (Å²) in [6, 6.07) is 9.61. The van der Waals surface area contributed by atoms with Gasteiger partial charge in [0, 0.05) is 12.4 Å². The van der Waals surface area contributed by atoms with E-state index in [0.29, 0.717) is 17.9 Å². The number of rotatable bonds is 4. The van der Waals surface area contributed by atoms with Crippen molar-refractivity contribution in [2.45, 2.75) is 19.9 Å². The molecule has 90 valence electrons. The van der Waals surface area contributed by atoms with Gasteiger partial charge in [0.2, 0.25) is 0 Å². The molecule has 0 amide bonds. The SMILES string of the molecule is CCc1cccnc1CNc1ncccc1C#N. The third-order valence-corrected chi connectivity index (χ3v) is 2.72. The van der Waals surface area contributed by atoms with Gasteiger partial charge in [-0.1, -0.05) is 13.0 Å². The lowest BCUT2D eigenvalue weighted by Crippen LogP contribution is -2.07. The fraction of sp³-hybridized carbons (Fsp3) is 0.214. The lowest BCUT2D eigenvalue weighted by molar-refractivity contribution is 0.963. The molecule has 0 aliphatic heterocycles. The van der Waals surface area contributed by atoms with Crippen LogP contribution in [0.3, 0.4) is 0 Å². The molecule has 0 aromatic carbocycles. The molecule has 0 fully saturated rings. The van der Waals surface area contributed by atoms with Crippen LogP contribution < -0.4 is 5.32 Å². The second kappa shape index (κ2) is 5.78. The summed E-state index contributed by atoms with van der Waals surface area (Å²) in [4.78, 5) is 8.51. The first-order chi connectivity index (χ1) is 8.85. The first kappa shape index (κ1) is 12.1. The average Bonchev–Trinajstić information content (AvgIpc) is 2.45. The van der Waals surface area contributed by atoms with Crippen LogP contribution in [0.15, 0.2) is 36.7 Å². The van der Waals surface area contributed by atoms with E-state index in [1.165, 1.54) is 5.56 Å².